The van der Waals surface area contributed by atoms with Gasteiger partial charge in [-0.2, -0.15) is 0 Å². The Morgan fingerprint density at radius 1 is 1.20 bits per heavy atom. The van der Waals surface area contributed by atoms with E-state index in [0.29, 0.717) is 28.5 Å². The first-order valence-corrected chi connectivity index (χ1v) is 11.4. The summed E-state index contributed by atoms with van der Waals surface area (Å²) in [4.78, 5) is 34.7. The highest BCUT2D eigenvalue weighted by Crippen LogP contribution is 2.28. The molecule has 3 heterocycles. The van der Waals surface area contributed by atoms with Gasteiger partial charge in [-0.3, -0.25) is 19.1 Å². The molecule has 1 aliphatic rings. The minimum atomic E-state index is -2.64. The molecule has 35 heavy (non-hydrogen) atoms. The van der Waals surface area contributed by atoms with Crippen LogP contribution in [0.1, 0.15) is 71.3 Å². The molecule has 8 nitrogen and oxygen atoms in total. The summed E-state index contributed by atoms with van der Waals surface area (Å²) in [6, 6.07) is 4.97. The van der Waals surface area contributed by atoms with Crippen LogP contribution in [0.5, 0.6) is 0 Å². The van der Waals surface area contributed by atoms with Crippen molar-refractivity contribution in [2.24, 2.45) is 0 Å². The average Bonchev–Trinajstić information content (AvgIpc) is 2.80. The Bertz CT molecular complexity index is 1300. The highest BCUT2D eigenvalue weighted by molar-refractivity contribution is 6.06. The standard InChI is InChI=1S/C25H28F2N6O2/c1-13-7-16(22(26)27)8-14(2)21(13)33-12-30-23(28)20(25(33)35)24(34)32-18-9-17(10-29-11-18)19-6-4-5-15(3)31-19/h7-12,15,19,22,31H,4-6,28H2,1-3H3,(H,32,34)/t15-,19-/m1/s1. The molecule has 10 heteroatoms. The third kappa shape index (κ3) is 5.07. The number of amides is 1. The van der Waals surface area contributed by atoms with E-state index in [2.05, 4.69) is 27.5 Å². The van der Waals surface area contributed by atoms with Gasteiger partial charge in [-0.25, -0.2) is 13.8 Å². The minimum Gasteiger partial charge on any atom is -0.383 e. The van der Waals surface area contributed by atoms with Crippen LogP contribution in [-0.2, 0) is 0 Å². The van der Waals surface area contributed by atoms with Crippen LogP contribution in [0.2, 0.25) is 0 Å². The Morgan fingerprint density at radius 2 is 1.91 bits per heavy atom. The number of aromatic nitrogens is 3. The predicted octanol–water partition coefficient (Wildman–Crippen LogP) is 4.22. The fourth-order valence-electron chi connectivity index (χ4n) is 4.65. The van der Waals surface area contributed by atoms with Crippen LogP contribution >= 0.6 is 0 Å². The van der Waals surface area contributed by atoms with Gasteiger partial charge in [-0.05, 0) is 68.5 Å². The van der Waals surface area contributed by atoms with Crippen molar-refractivity contribution in [2.45, 2.75) is 58.5 Å². The van der Waals surface area contributed by atoms with E-state index in [1.165, 1.54) is 24.7 Å². The number of aryl methyl sites for hydroxylation is 2. The Balaban J connectivity index is 1.66. The molecule has 0 saturated carbocycles. The van der Waals surface area contributed by atoms with Gasteiger partial charge in [0.2, 0.25) is 0 Å². The normalized spacial score (nSPS) is 18.0. The molecule has 184 valence electrons. The van der Waals surface area contributed by atoms with E-state index < -0.39 is 17.9 Å². The van der Waals surface area contributed by atoms with Gasteiger partial charge in [-0.15, -0.1) is 0 Å². The monoisotopic (exact) mass is 482 g/mol. The molecule has 1 saturated heterocycles. The largest absolute Gasteiger partial charge is 0.383 e. The van der Waals surface area contributed by atoms with E-state index in [1.54, 1.807) is 20.0 Å². The number of alkyl halides is 2. The molecule has 0 unspecified atom stereocenters. The number of halogens is 2. The summed E-state index contributed by atoms with van der Waals surface area (Å²) in [5.41, 5.74) is 7.38. The van der Waals surface area contributed by atoms with Crippen LogP contribution in [0.15, 0.2) is 41.7 Å². The number of carbonyl (C=O) groups is 1. The third-order valence-electron chi connectivity index (χ3n) is 6.27. The van der Waals surface area contributed by atoms with Gasteiger partial charge in [0, 0.05) is 23.8 Å². The number of nitrogen functional groups attached to an aromatic ring is 1. The van der Waals surface area contributed by atoms with Crippen molar-refractivity contribution in [3.05, 3.63) is 75.1 Å². The number of piperidine rings is 1. The Morgan fingerprint density at radius 3 is 2.57 bits per heavy atom. The second kappa shape index (κ2) is 9.91. The first-order chi connectivity index (χ1) is 16.7. The molecule has 1 aliphatic heterocycles. The van der Waals surface area contributed by atoms with E-state index in [1.807, 2.05) is 6.07 Å². The fraction of sp³-hybridized carbons (Fsp3) is 0.360. The van der Waals surface area contributed by atoms with Crippen LogP contribution in [-0.4, -0.2) is 26.5 Å². The molecule has 4 N–H and O–H groups in total. The number of benzene rings is 1. The number of anilines is 2. The molecule has 0 aliphatic carbocycles. The van der Waals surface area contributed by atoms with Crippen LogP contribution in [0.4, 0.5) is 20.3 Å². The second-order valence-corrected chi connectivity index (χ2v) is 9.00. The first-order valence-electron chi connectivity index (χ1n) is 11.4. The summed E-state index contributed by atoms with van der Waals surface area (Å²) >= 11 is 0. The lowest BCUT2D eigenvalue weighted by Gasteiger charge is -2.29. The summed E-state index contributed by atoms with van der Waals surface area (Å²) in [5, 5.41) is 6.23. The second-order valence-electron chi connectivity index (χ2n) is 9.00. The molecular formula is C25H28F2N6O2. The number of rotatable bonds is 5. The van der Waals surface area contributed by atoms with Crippen molar-refractivity contribution < 1.29 is 13.6 Å². The minimum absolute atomic E-state index is 0.131. The Kier molecular flexibility index (Phi) is 6.93. The number of nitrogens with two attached hydrogens (primary N) is 1. The van der Waals surface area contributed by atoms with Crippen molar-refractivity contribution in [2.75, 3.05) is 11.1 Å². The van der Waals surface area contributed by atoms with Gasteiger partial charge in [-0.1, -0.05) is 6.42 Å². The number of nitrogens with zero attached hydrogens (tertiary/aromatic N) is 3. The molecule has 0 radical (unpaired) electrons. The van der Waals surface area contributed by atoms with Gasteiger partial charge in [0.05, 0.1) is 17.6 Å². The van der Waals surface area contributed by atoms with Crippen LogP contribution in [0.3, 0.4) is 0 Å². The Labute approximate surface area is 201 Å². The Hall–Kier alpha value is -3.66. The smallest absolute Gasteiger partial charge is 0.272 e. The lowest BCUT2D eigenvalue weighted by Crippen LogP contribution is -2.34. The number of hydrogen-bond acceptors (Lipinski definition) is 6. The van der Waals surface area contributed by atoms with Crippen molar-refractivity contribution in [1.29, 1.82) is 0 Å². The van der Waals surface area contributed by atoms with E-state index in [9.17, 15) is 18.4 Å². The molecule has 0 bridgehead atoms. The van der Waals surface area contributed by atoms with Gasteiger partial charge in [0.25, 0.3) is 17.9 Å². The molecule has 0 spiro atoms. The predicted molar refractivity (Wildman–Crippen MR) is 130 cm³/mol. The lowest BCUT2D eigenvalue weighted by atomic mass is 9.95. The number of nitrogens with one attached hydrogen (secondary N) is 2. The molecule has 4 rings (SSSR count). The maximum atomic E-state index is 13.3. The SMILES string of the molecule is Cc1cc(C(F)F)cc(C)c1-n1cnc(N)c(C(=O)Nc2cncc([C@H]3CCC[C@@H](C)N3)c2)c1=O. The van der Waals surface area contributed by atoms with Gasteiger partial charge < -0.3 is 16.4 Å². The molecule has 1 amide bonds. The van der Waals surface area contributed by atoms with E-state index in [4.69, 9.17) is 5.73 Å². The van der Waals surface area contributed by atoms with Crippen molar-refractivity contribution in [3.8, 4) is 5.69 Å². The van der Waals surface area contributed by atoms with Crippen molar-refractivity contribution >= 4 is 17.4 Å². The topological polar surface area (TPSA) is 115 Å². The van der Waals surface area contributed by atoms with Gasteiger partial charge in [0.15, 0.2) is 0 Å². The zero-order valence-corrected chi connectivity index (χ0v) is 19.8. The van der Waals surface area contributed by atoms with Crippen molar-refractivity contribution in [1.82, 2.24) is 19.9 Å². The quantitative estimate of drug-likeness (QED) is 0.502. The molecule has 3 aromatic rings. The number of pyridine rings is 1. The molecule has 1 aromatic carbocycles. The summed E-state index contributed by atoms with van der Waals surface area (Å²) in [7, 11) is 0. The molecule has 2 atom stereocenters. The molecule has 2 aromatic heterocycles. The molecular weight excluding hydrogens is 454 g/mol. The molecule has 1 fully saturated rings. The highest BCUT2D eigenvalue weighted by Gasteiger charge is 2.23. The summed E-state index contributed by atoms with van der Waals surface area (Å²) in [6.45, 7) is 5.37. The summed E-state index contributed by atoms with van der Waals surface area (Å²) < 4.78 is 27.5. The number of hydrogen-bond donors (Lipinski definition) is 3. The van der Waals surface area contributed by atoms with Crippen LogP contribution < -0.4 is 21.9 Å². The van der Waals surface area contributed by atoms with E-state index in [0.717, 1.165) is 29.4 Å². The zero-order valence-electron chi connectivity index (χ0n) is 19.8. The maximum Gasteiger partial charge on any atom is 0.272 e. The van der Waals surface area contributed by atoms with E-state index >= 15 is 0 Å². The van der Waals surface area contributed by atoms with E-state index in [-0.39, 0.29) is 23.0 Å². The third-order valence-corrected chi connectivity index (χ3v) is 6.27. The lowest BCUT2D eigenvalue weighted by molar-refractivity contribution is 0.102. The van der Waals surface area contributed by atoms with Crippen LogP contribution in [0.25, 0.3) is 5.69 Å². The maximum absolute atomic E-state index is 13.3. The van der Waals surface area contributed by atoms with Crippen LogP contribution in [0, 0.1) is 13.8 Å². The van der Waals surface area contributed by atoms with Crippen molar-refractivity contribution in [3.63, 3.8) is 0 Å². The van der Waals surface area contributed by atoms with Gasteiger partial charge in [0.1, 0.15) is 17.7 Å². The number of carbonyl (C=O) groups excluding carboxylic acids is 1. The average molecular weight is 483 g/mol. The summed E-state index contributed by atoms with van der Waals surface area (Å²) in [6.07, 6.45) is 4.98. The summed E-state index contributed by atoms with van der Waals surface area (Å²) in [5.74, 6) is -0.951. The zero-order chi connectivity index (χ0) is 25.3. The fourth-order valence-corrected chi connectivity index (χ4v) is 4.65. The first kappa shape index (κ1) is 24.5. The highest BCUT2D eigenvalue weighted by atomic mass is 19.3. The van der Waals surface area contributed by atoms with Gasteiger partial charge >= 0.3 is 0 Å².